The molecule has 3 nitrogen and oxygen atoms in total. The Morgan fingerprint density at radius 1 is 1.15 bits per heavy atom. The fraction of sp³-hybridized carbons (Fsp3) is 0.227. The number of aryl methyl sites for hydroxylation is 1. The van der Waals surface area contributed by atoms with Gasteiger partial charge in [-0.15, -0.1) is 11.3 Å². The van der Waals surface area contributed by atoms with E-state index in [9.17, 15) is 4.79 Å². The van der Waals surface area contributed by atoms with Gasteiger partial charge in [0.05, 0.1) is 6.04 Å². The highest BCUT2D eigenvalue weighted by Gasteiger charge is 2.28. The maximum absolute atomic E-state index is 12.6. The van der Waals surface area contributed by atoms with Crippen molar-refractivity contribution in [1.82, 2.24) is 5.32 Å². The molecule has 2 heterocycles. The van der Waals surface area contributed by atoms with E-state index in [-0.39, 0.29) is 11.9 Å². The van der Waals surface area contributed by atoms with Gasteiger partial charge in [0, 0.05) is 29.2 Å². The molecule has 0 radical (unpaired) electrons. The number of thiophene rings is 1. The van der Waals surface area contributed by atoms with Gasteiger partial charge in [-0.05, 0) is 48.6 Å². The molecule has 0 bridgehead atoms. The third-order valence-electron chi connectivity index (χ3n) is 4.91. The number of fused-ring (bicyclic) bond motifs is 1. The molecule has 4 heteroatoms. The van der Waals surface area contributed by atoms with Crippen molar-refractivity contribution < 1.29 is 4.79 Å². The lowest BCUT2D eigenvalue weighted by molar-refractivity contribution is 0.0951. The van der Waals surface area contributed by atoms with E-state index in [0.29, 0.717) is 6.54 Å². The van der Waals surface area contributed by atoms with E-state index in [4.69, 9.17) is 0 Å². The summed E-state index contributed by atoms with van der Waals surface area (Å²) in [5.41, 5.74) is 4.49. The monoisotopic (exact) mass is 362 g/mol. The number of hydrogen-bond donors (Lipinski definition) is 1. The van der Waals surface area contributed by atoms with Crippen LogP contribution in [0.5, 0.6) is 0 Å². The highest BCUT2D eigenvalue weighted by atomic mass is 32.1. The molecule has 1 atom stereocenters. The summed E-state index contributed by atoms with van der Waals surface area (Å²) in [6, 6.07) is 20.7. The summed E-state index contributed by atoms with van der Waals surface area (Å²) in [5, 5.41) is 5.25. The second-order valence-electron chi connectivity index (χ2n) is 6.68. The molecule has 2 aromatic carbocycles. The lowest BCUT2D eigenvalue weighted by Crippen LogP contribution is -2.37. The number of anilines is 1. The first-order chi connectivity index (χ1) is 12.7. The smallest absolute Gasteiger partial charge is 0.251 e. The molecule has 1 amide bonds. The maximum Gasteiger partial charge on any atom is 0.251 e. The molecule has 0 saturated heterocycles. The minimum atomic E-state index is -0.0114. The van der Waals surface area contributed by atoms with E-state index in [1.54, 1.807) is 11.3 Å². The fourth-order valence-corrected chi connectivity index (χ4v) is 4.45. The largest absolute Gasteiger partial charge is 0.361 e. The fourth-order valence-electron chi connectivity index (χ4n) is 3.61. The van der Waals surface area contributed by atoms with Gasteiger partial charge < -0.3 is 10.2 Å². The third-order valence-corrected chi connectivity index (χ3v) is 5.88. The molecule has 132 valence electrons. The molecule has 1 aliphatic heterocycles. The van der Waals surface area contributed by atoms with Crippen LogP contribution in [0.3, 0.4) is 0 Å². The van der Waals surface area contributed by atoms with Gasteiger partial charge in [-0.2, -0.15) is 0 Å². The Labute approximate surface area is 158 Å². The van der Waals surface area contributed by atoms with Crippen molar-refractivity contribution in [3.8, 4) is 0 Å². The van der Waals surface area contributed by atoms with E-state index >= 15 is 0 Å². The van der Waals surface area contributed by atoms with Crippen LogP contribution in [-0.4, -0.2) is 19.0 Å². The van der Waals surface area contributed by atoms with Crippen molar-refractivity contribution in [3.05, 3.63) is 87.6 Å². The van der Waals surface area contributed by atoms with Crippen molar-refractivity contribution >= 4 is 22.9 Å². The van der Waals surface area contributed by atoms with Gasteiger partial charge in [-0.1, -0.05) is 42.0 Å². The van der Waals surface area contributed by atoms with Crippen LogP contribution in [0, 0.1) is 6.92 Å². The van der Waals surface area contributed by atoms with Crippen LogP contribution in [-0.2, 0) is 6.42 Å². The summed E-state index contributed by atoms with van der Waals surface area (Å²) in [5.74, 6) is -0.0114. The van der Waals surface area contributed by atoms with Crippen molar-refractivity contribution in [1.29, 1.82) is 0 Å². The van der Waals surface area contributed by atoms with Crippen molar-refractivity contribution in [2.75, 3.05) is 18.0 Å². The molecule has 0 saturated carbocycles. The van der Waals surface area contributed by atoms with Crippen LogP contribution < -0.4 is 10.2 Å². The molecule has 4 rings (SSSR count). The molecule has 1 N–H and O–H groups in total. The van der Waals surface area contributed by atoms with Gasteiger partial charge in [-0.3, -0.25) is 4.79 Å². The third kappa shape index (κ3) is 3.37. The highest BCUT2D eigenvalue weighted by Crippen LogP contribution is 2.36. The predicted molar refractivity (Wildman–Crippen MR) is 108 cm³/mol. The van der Waals surface area contributed by atoms with Gasteiger partial charge in [-0.25, -0.2) is 0 Å². The number of hydrogen-bond acceptors (Lipinski definition) is 3. The van der Waals surface area contributed by atoms with Gasteiger partial charge in [0.15, 0.2) is 0 Å². The summed E-state index contributed by atoms with van der Waals surface area (Å²) >= 11 is 1.75. The number of carbonyl (C=O) groups is 1. The first-order valence-corrected chi connectivity index (χ1v) is 9.83. The molecule has 1 aromatic heterocycles. The second-order valence-corrected chi connectivity index (χ2v) is 7.66. The maximum atomic E-state index is 12.6. The molecule has 1 aliphatic rings. The molecule has 3 aromatic rings. The molecule has 0 spiro atoms. The number of benzene rings is 2. The summed E-state index contributed by atoms with van der Waals surface area (Å²) in [4.78, 5) is 16.3. The number of para-hydroxylation sites is 1. The normalized spacial score (nSPS) is 14.1. The lowest BCUT2D eigenvalue weighted by atomic mass is 10.1. The Bertz CT molecular complexity index is 904. The SMILES string of the molecule is Cc1cccc(C(=O)NC[C@@H](c2cccs2)N2CCc3ccccc32)c1. The minimum absolute atomic E-state index is 0.0114. The van der Waals surface area contributed by atoms with Gasteiger partial charge >= 0.3 is 0 Å². The minimum Gasteiger partial charge on any atom is -0.361 e. The van der Waals surface area contributed by atoms with Crippen LogP contribution >= 0.6 is 11.3 Å². The zero-order chi connectivity index (χ0) is 17.9. The van der Waals surface area contributed by atoms with E-state index in [1.807, 2.05) is 31.2 Å². The molecular weight excluding hydrogens is 340 g/mol. The van der Waals surface area contributed by atoms with E-state index in [1.165, 1.54) is 16.1 Å². The van der Waals surface area contributed by atoms with Gasteiger partial charge in [0.25, 0.3) is 5.91 Å². The van der Waals surface area contributed by atoms with Crippen LogP contribution in [0.2, 0.25) is 0 Å². The van der Waals surface area contributed by atoms with Crippen molar-refractivity contribution in [2.45, 2.75) is 19.4 Å². The number of rotatable bonds is 5. The molecule has 0 aliphatic carbocycles. The number of amides is 1. The van der Waals surface area contributed by atoms with E-state index in [2.05, 4.69) is 52.0 Å². The number of nitrogens with zero attached hydrogens (tertiary/aromatic N) is 1. The van der Waals surface area contributed by atoms with Crippen LogP contribution in [0.25, 0.3) is 0 Å². The average Bonchev–Trinajstić information content (AvgIpc) is 3.32. The van der Waals surface area contributed by atoms with E-state index < -0.39 is 0 Å². The Hall–Kier alpha value is -2.59. The zero-order valence-corrected chi connectivity index (χ0v) is 15.6. The predicted octanol–water partition coefficient (Wildman–Crippen LogP) is 4.59. The average molecular weight is 362 g/mol. The van der Waals surface area contributed by atoms with Gasteiger partial charge in [0.1, 0.15) is 0 Å². The summed E-state index contributed by atoms with van der Waals surface area (Å²) in [7, 11) is 0. The zero-order valence-electron chi connectivity index (χ0n) is 14.8. The van der Waals surface area contributed by atoms with E-state index in [0.717, 1.165) is 24.1 Å². The molecule has 0 fully saturated rings. The Morgan fingerprint density at radius 2 is 2.04 bits per heavy atom. The number of nitrogens with one attached hydrogen (secondary N) is 1. The van der Waals surface area contributed by atoms with Crippen molar-refractivity contribution in [2.24, 2.45) is 0 Å². The Kier molecular flexibility index (Phi) is 4.76. The standard InChI is InChI=1S/C22H22N2OS/c1-16-6-4-8-18(14-16)22(25)23-15-20(21-10-5-13-26-21)24-12-11-17-7-2-3-9-19(17)24/h2-10,13-14,20H,11-12,15H2,1H3,(H,23,25)/t20-/m0/s1. The van der Waals surface area contributed by atoms with Crippen molar-refractivity contribution in [3.63, 3.8) is 0 Å². The Morgan fingerprint density at radius 3 is 2.85 bits per heavy atom. The highest BCUT2D eigenvalue weighted by molar-refractivity contribution is 7.10. The summed E-state index contributed by atoms with van der Waals surface area (Å²) in [6.45, 7) is 3.59. The Balaban J connectivity index is 1.55. The second kappa shape index (κ2) is 7.34. The van der Waals surface area contributed by atoms with Crippen LogP contribution in [0.4, 0.5) is 5.69 Å². The topological polar surface area (TPSA) is 32.3 Å². The molecule has 26 heavy (non-hydrogen) atoms. The van der Waals surface area contributed by atoms with Gasteiger partial charge in [0.2, 0.25) is 0 Å². The lowest BCUT2D eigenvalue weighted by Gasteiger charge is -2.30. The van der Waals surface area contributed by atoms with Crippen LogP contribution in [0.1, 0.15) is 32.4 Å². The molecular formula is C22H22N2OS. The van der Waals surface area contributed by atoms with Crippen LogP contribution in [0.15, 0.2) is 66.0 Å². The summed E-state index contributed by atoms with van der Waals surface area (Å²) < 4.78 is 0. The first kappa shape index (κ1) is 16.9. The number of carbonyl (C=O) groups excluding carboxylic acids is 1. The first-order valence-electron chi connectivity index (χ1n) is 8.95. The quantitative estimate of drug-likeness (QED) is 0.720. The molecule has 0 unspecified atom stereocenters. The summed E-state index contributed by atoms with van der Waals surface area (Å²) in [6.07, 6.45) is 1.06.